The van der Waals surface area contributed by atoms with Crippen LogP contribution in [0.15, 0.2) is 58.3 Å². The second-order valence-electron chi connectivity index (χ2n) is 3.89. The van der Waals surface area contributed by atoms with E-state index in [0.717, 1.165) is 24.1 Å². The molecule has 21 heavy (non-hydrogen) atoms. The molecule has 2 aromatic rings. The number of rotatable bonds is 5. The van der Waals surface area contributed by atoms with Crippen molar-refractivity contribution in [1.82, 2.24) is 4.13 Å². The van der Waals surface area contributed by atoms with E-state index in [4.69, 9.17) is 11.6 Å². The van der Waals surface area contributed by atoms with Crippen LogP contribution in [-0.2, 0) is 10.0 Å². The second-order valence-corrected chi connectivity index (χ2v) is 7.15. The molecule has 0 fully saturated rings. The third kappa shape index (κ3) is 4.18. The normalized spacial score (nSPS) is 11.3. The minimum absolute atomic E-state index is 0.0467. The molecule has 0 amide bonds. The molecule has 1 N–H and O–H groups in total. The molecule has 0 spiro atoms. The number of nitro benzene ring substituents is 1. The van der Waals surface area contributed by atoms with E-state index in [0.29, 0.717) is 9.92 Å². The summed E-state index contributed by atoms with van der Waals surface area (Å²) in [6.45, 7) is 0. The molecule has 2 rings (SSSR count). The first kappa shape index (κ1) is 15.8. The molecule has 110 valence electrons. The van der Waals surface area contributed by atoms with Crippen molar-refractivity contribution in [2.24, 2.45) is 0 Å². The Morgan fingerprint density at radius 1 is 1.05 bits per heavy atom. The van der Waals surface area contributed by atoms with E-state index in [1.165, 1.54) is 12.1 Å². The first-order chi connectivity index (χ1) is 9.88. The largest absolute Gasteiger partial charge is 0.269 e. The summed E-state index contributed by atoms with van der Waals surface area (Å²) < 4.78 is 26.4. The fourth-order valence-corrected chi connectivity index (χ4v) is 3.50. The number of nitrogens with one attached hydrogen (secondary N) is 1. The van der Waals surface area contributed by atoms with Crippen LogP contribution in [0.1, 0.15) is 0 Å². The zero-order valence-corrected chi connectivity index (χ0v) is 12.8. The SMILES string of the molecule is O=[N+]([O-])c1ccc(S(=O)(=O)NSc2ccc(Cl)cc2)cc1. The second kappa shape index (κ2) is 6.44. The van der Waals surface area contributed by atoms with Crippen LogP contribution in [0.25, 0.3) is 0 Å². The van der Waals surface area contributed by atoms with Crippen molar-refractivity contribution in [2.45, 2.75) is 9.79 Å². The predicted molar refractivity (Wildman–Crippen MR) is 80.7 cm³/mol. The van der Waals surface area contributed by atoms with Crippen molar-refractivity contribution in [3.05, 3.63) is 63.7 Å². The Balaban J connectivity index is 2.11. The van der Waals surface area contributed by atoms with E-state index in [1.807, 2.05) is 0 Å². The van der Waals surface area contributed by atoms with E-state index in [2.05, 4.69) is 4.13 Å². The Hall–Kier alpha value is -1.61. The molecule has 9 heteroatoms. The summed E-state index contributed by atoms with van der Waals surface area (Å²) in [5.41, 5.74) is -0.167. The van der Waals surface area contributed by atoms with Gasteiger partial charge in [0.05, 0.1) is 9.82 Å². The van der Waals surface area contributed by atoms with Crippen molar-refractivity contribution >= 4 is 39.3 Å². The number of sulfonamides is 1. The molecule has 0 aliphatic rings. The number of halogens is 1. The van der Waals surface area contributed by atoms with Gasteiger partial charge >= 0.3 is 0 Å². The van der Waals surface area contributed by atoms with E-state index in [1.54, 1.807) is 24.3 Å². The molecule has 0 bridgehead atoms. The fraction of sp³-hybridized carbons (Fsp3) is 0. The van der Waals surface area contributed by atoms with Crippen LogP contribution in [-0.4, -0.2) is 13.3 Å². The lowest BCUT2D eigenvalue weighted by Crippen LogP contribution is -2.16. The quantitative estimate of drug-likeness (QED) is 0.511. The summed E-state index contributed by atoms with van der Waals surface area (Å²) in [7, 11) is -3.75. The van der Waals surface area contributed by atoms with Crippen molar-refractivity contribution in [3.63, 3.8) is 0 Å². The number of nitrogens with zero attached hydrogens (tertiary/aromatic N) is 1. The third-order valence-electron chi connectivity index (χ3n) is 2.44. The highest BCUT2D eigenvalue weighted by Gasteiger charge is 2.16. The van der Waals surface area contributed by atoms with Crippen LogP contribution < -0.4 is 4.13 Å². The minimum atomic E-state index is -3.75. The molecule has 0 saturated carbocycles. The Morgan fingerprint density at radius 2 is 1.62 bits per heavy atom. The van der Waals surface area contributed by atoms with E-state index in [9.17, 15) is 18.5 Å². The Kier molecular flexibility index (Phi) is 4.84. The zero-order valence-electron chi connectivity index (χ0n) is 10.4. The third-order valence-corrected chi connectivity index (χ3v) is 5.30. The molecule has 0 aliphatic heterocycles. The van der Waals surface area contributed by atoms with Crippen LogP contribution in [0.5, 0.6) is 0 Å². The van der Waals surface area contributed by atoms with Gasteiger partial charge in [0, 0.05) is 22.1 Å². The van der Waals surface area contributed by atoms with Crippen molar-refractivity contribution < 1.29 is 13.3 Å². The molecule has 6 nitrogen and oxygen atoms in total. The highest BCUT2D eigenvalue weighted by Crippen LogP contribution is 2.21. The molecule has 0 heterocycles. The predicted octanol–water partition coefficient (Wildman–Crippen LogP) is 3.23. The van der Waals surface area contributed by atoms with Crippen LogP contribution >= 0.6 is 23.5 Å². The van der Waals surface area contributed by atoms with Gasteiger partial charge in [-0.3, -0.25) is 10.1 Å². The highest BCUT2D eigenvalue weighted by molar-refractivity contribution is 8.09. The molecular weight excluding hydrogens is 336 g/mol. The van der Waals surface area contributed by atoms with Gasteiger partial charge in [-0.25, -0.2) is 8.42 Å². The van der Waals surface area contributed by atoms with Crippen LogP contribution in [0.3, 0.4) is 0 Å². The average Bonchev–Trinajstić information content (AvgIpc) is 2.47. The lowest BCUT2D eigenvalue weighted by Gasteiger charge is -2.06. The average molecular weight is 345 g/mol. The summed E-state index contributed by atoms with van der Waals surface area (Å²) in [5.74, 6) is 0. The van der Waals surface area contributed by atoms with E-state index < -0.39 is 14.9 Å². The van der Waals surface area contributed by atoms with Gasteiger partial charge in [-0.2, -0.15) is 0 Å². The lowest BCUT2D eigenvalue weighted by atomic mass is 10.3. The smallest absolute Gasteiger partial charge is 0.258 e. The highest BCUT2D eigenvalue weighted by atomic mass is 35.5. The Labute approximate surface area is 130 Å². The van der Waals surface area contributed by atoms with Gasteiger partial charge in [-0.1, -0.05) is 11.6 Å². The molecule has 0 unspecified atom stereocenters. The van der Waals surface area contributed by atoms with Gasteiger partial charge in [0.1, 0.15) is 0 Å². The molecule has 0 aliphatic carbocycles. The first-order valence-electron chi connectivity index (χ1n) is 5.57. The van der Waals surface area contributed by atoms with Crippen molar-refractivity contribution in [2.75, 3.05) is 0 Å². The van der Waals surface area contributed by atoms with E-state index in [-0.39, 0.29) is 10.6 Å². The number of hydrogen-bond donors (Lipinski definition) is 1. The van der Waals surface area contributed by atoms with E-state index >= 15 is 0 Å². The monoisotopic (exact) mass is 344 g/mol. The summed E-state index contributed by atoms with van der Waals surface area (Å²) in [6, 6.07) is 11.3. The van der Waals surface area contributed by atoms with Gasteiger partial charge in [0.2, 0.25) is 10.0 Å². The maximum atomic E-state index is 12.0. The summed E-state index contributed by atoms with van der Waals surface area (Å²) in [5, 5.41) is 11.1. The molecular formula is C12H9ClN2O4S2. The lowest BCUT2D eigenvalue weighted by molar-refractivity contribution is -0.384. The molecule has 0 aromatic heterocycles. The molecule has 0 atom stereocenters. The van der Waals surface area contributed by atoms with Crippen LogP contribution in [0.4, 0.5) is 5.69 Å². The Morgan fingerprint density at radius 3 is 2.14 bits per heavy atom. The van der Waals surface area contributed by atoms with Gasteiger partial charge in [-0.05, 0) is 48.3 Å². The van der Waals surface area contributed by atoms with Gasteiger partial charge in [-0.15, -0.1) is 4.13 Å². The fourth-order valence-electron chi connectivity index (χ4n) is 1.40. The number of benzene rings is 2. The number of nitro groups is 1. The van der Waals surface area contributed by atoms with Crippen molar-refractivity contribution in [1.29, 1.82) is 0 Å². The first-order valence-corrected chi connectivity index (χ1v) is 8.25. The summed E-state index contributed by atoms with van der Waals surface area (Å²) in [4.78, 5) is 10.6. The van der Waals surface area contributed by atoms with Gasteiger partial charge in [0.15, 0.2) is 0 Å². The summed E-state index contributed by atoms with van der Waals surface area (Å²) >= 11 is 6.65. The maximum absolute atomic E-state index is 12.0. The van der Waals surface area contributed by atoms with Gasteiger partial charge < -0.3 is 0 Å². The molecule has 0 saturated heterocycles. The van der Waals surface area contributed by atoms with Crippen LogP contribution in [0, 0.1) is 10.1 Å². The summed E-state index contributed by atoms with van der Waals surface area (Å²) in [6.07, 6.45) is 0. The molecule has 0 radical (unpaired) electrons. The number of hydrogen-bond acceptors (Lipinski definition) is 5. The van der Waals surface area contributed by atoms with Crippen LogP contribution in [0.2, 0.25) is 5.02 Å². The maximum Gasteiger partial charge on any atom is 0.269 e. The zero-order chi connectivity index (χ0) is 15.5. The number of non-ortho nitro benzene ring substituents is 1. The minimum Gasteiger partial charge on any atom is -0.258 e. The van der Waals surface area contributed by atoms with Gasteiger partial charge in [0.25, 0.3) is 5.69 Å². The standard InChI is InChI=1S/C12H9ClN2O4S2/c13-9-1-5-11(6-2-9)20-14-21(18,19)12-7-3-10(4-8-12)15(16)17/h1-8,14H. The van der Waals surface area contributed by atoms with Crippen molar-refractivity contribution in [3.8, 4) is 0 Å². The molecule has 2 aromatic carbocycles. The topological polar surface area (TPSA) is 89.3 Å². The Bertz CT molecular complexity index is 746.